The maximum absolute atomic E-state index is 6.00. The van der Waals surface area contributed by atoms with E-state index in [1.807, 2.05) is 12.1 Å². The van der Waals surface area contributed by atoms with E-state index in [2.05, 4.69) is 39.2 Å². The van der Waals surface area contributed by atoms with Gasteiger partial charge in [-0.25, -0.2) is 0 Å². The molecule has 108 valence electrons. The Bertz CT molecular complexity index is 556. The van der Waals surface area contributed by atoms with Gasteiger partial charge in [0, 0.05) is 18.1 Å². The molecule has 2 aromatic rings. The van der Waals surface area contributed by atoms with Crippen LogP contribution >= 0.6 is 11.6 Å². The van der Waals surface area contributed by atoms with Gasteiger partial charge in [0.1, 0.15) is 5.52 Å². The van der Waals surface area contributed by atoms with Crippen LogP contribution < -0.4 is 5.32 Å². The van der Waals surface area contributed by atoms with E-state index in [1.165, 1.54) is 0 Å². The third-order valence-electron chi connectivity index (χ3n) is 3.33. The molecule has 0 spiro atoms. The first-order valence-electron chi connectivity index (χ1n) is 6.99. The van der Waals surface area contributed by atoms with Crippen molar-refractivity contribution in [1.29, 1.82) is 0 Å². The maximum Gasteiger partial charge on any atom is 0.178 e. The molecule has 0 aliphatic rings. The number of anilines is 1. The van der Waals surface area contributed by atoms with Crippen LogP contribution in [0.3, 0.4) is 0 Å². The molecule has 0 amide bonds. The van der Waals surface area contributed by atoms with Gasteiger partial charge < -0.3 is 10.2 Å². The van der Waals surface area contributed by atoms with Crippen molar-refractivity contribution in [3.8, 4) is 0 Å². The molecular formula is C14H20ClN5. The van der Waals surface area contributed by atoms with Crippen LogP contribution in [0.2, 0.25) is 5.15 Å². The zero-order chi connectivity index (χ0) is 14.4. The quantitative estimate of drug-likeness (QED) is 0.796. The SMILES string of the molecule is CCN(CC)CCCNc1nnc(Cl)c2ncccc12. The second-order valence-corrected chi connectivity index (χ2v) is 4.90. The minimum atomic E-state index is 0.342. The zero-order valence-corrected chi connectivity index (χ0v) is 12.7. The highest BCUT2D eigenvalue weighted by Crippen LogP contribution is 2.23. The molecule has 0 fully saturated rings. The van der Waals surface area contributed by atoms with Crippen LogP contribution in [0.1, 0.15) is 20.3 Å². The summed E-state index contributed by atoms with van der Waals surface area (Å²) in [6.45, 7) is 8.48. The lowest BCUT2D eigenvalue weighted by Gasteiger charge is -2.17. The molecule has 2 heterocycles. The van der Waals surface area contributed by atoms with Crippen molar-refractivity contribution in [3.63, 3.8) is 0 Å². The molecule has 5 nitrogen and oxygen atoms in total. The maximum atomic E-state index is 6.00. The Hall–Kier alpha value is -1.46. The topological polar surface area (TPSA) is 53.9 Å². The fourth-order valence-corrected chi connectivity index (χ4v) is 2.32. The number of pyridine rings is 1. The van der Waals surface area contributed by atoms with E-state index in [4.69, 9.17) is 11.6 Å². The number of hydrogen-bond acceptors (Lipinski definition) is 5. The highest BCUT2D eigenvalue weighted by Gasteiger charge is 2.08. The molecule has 0 aromatic carbocycles. The van der Waals surface area contributed by atoms with Gasteiger partial charge in [0.15, 0.2) is 11.0 Å². The van der Waals surface area contributed by atoms with Gasteiger partial charge in [0.05, 0.1) is 0 Å². The Morgan fingerprint density at radius 3 is 2.80 bits per heavy atom. The van der Waals surface area contributed by atoms with Crippen LogP contribution in [0.5, 0.6) is 0 Å². The molecule has 0 saturated carbocycles. The van der Waals surface area contributed by atoms with Crippen LogP contribution in [0.4, 0.5) is 5.82 Å². The van der Waals surface area contributed by atoms with Crippen molar-refractivity contribution in [3.05, 3.63) is 23.5 Å². The van der Waals surface area contributed by atoms with E-state index in [0.29, 0.717) is 10.7 Å². The van der Waals surface area contributed by atoms with Gasteiger partial charge in [-0.05, 0) is 38.2 Å². The molecular weight excluding hydrogens is 274 g/mol. The van der Waals surface area contributed by atoms with E-state index in [-0.39, 0.29) is 0 Å². The molecule has 0 aliphatic carbocycles. The standard InChI is InChI=1S/C14H20ClN5/c1-3-20(4-2)10-6-9-17-14-11-7-5-8-16-12(11)13(15)18-19-14/h5,7-8H,3-4,6,9-10H2,1-2H3,(H,17,19). The second-order valence-electron chi connectivity index (χ2n) is 4.55. The number of aromatic nitrogens is 3. The van der Waals surface area contributed by atoms with E-state index >= 15 is 0 Å². The van der Waals surface area contributed by atoms with Crippen molar-refractivity contribution in [2.24, 2.45) is 0 Å². The molecule has 0 unspecified atom stereocenters. The fraction of sp³-hybridized carbons (Fsp3) is 0.500. The van der Waals surface area contributed by atoms with E-state index in [9.17, 15) is 0 Å². The van der Waals surface area contributed by atoms with Crippen LogP contribution in [-0.4, -0.2) is 46.3 Å². The molecule has 1 N–H and O–H groups in total. The van der Waals surface area contributed by atoms with Gasteiger partial charge in [-0.15, -0.1) is 10.2 Å². The van der Waals surface area contributed by atoms with Gasteiger partial charge in [-0.1, -0.05) is 25.4 Å². The number of nitrogens with one attached hydrogen (secondary N) is 1. The van der Waals surface area contributed by atoms with Crippen molar-refractivity contribution < 1.29 is 0 Å². The number of rotatable bonds is 7. The Labute approximate surface area is 124 Å². The van der Waals surface area contributed by atoms with Crippen molar-refractivity contribution in [2.45, 2.75) is 20.3 Å². The summed E-state index contributed by atoms with van der Waals surface area (Å²) in [6, 6.07) is 3.83. The van der Waals surface area contributed by atoms with Crippen LogP contribution in [0, 0.1) is 0 Å². The van der Waals surface area contributed by atoms with E-state index in [0.717, 1.165) is 43.8 Å². The number of halogens is 1. The first-order valence-corrected chi connectivity index (χ1v) is 7.37. The Kier molecular flexibility index (Phi) is 5.49. The number of fused-ring (bicyclic) bond motifs is 1. The highest BCUT2D eigenvalue weighted by molar-refractivity contribution is 6.33. The Balaban J connectivity index is 1.98. The average Bonchev–Trinajstić information content (AvgIpc) is 2.50. The van der Waals surface area contributed by atoms with Gasteiger partial charge in [-0.3, -0.25) is 4.98 Å². The molecule has 0 radical (unpaired) electrons. The van der Waals surface area contributed by atoms with Crippen molar-refractivity contribution in [2.75, 3.05) is 31.5 Å². The normalized spacial score (nSPS) is 11.2. The number of nitrogens with zero attached hydrogens (tertiary/aromatic N) is 4. The lowest BCUT2D eigenvalue weighted by molar-refractivity contribution is 0.303. The summed E-state index contributed by atoms with van der Waals surface area (Å²) in [4.78, 5) is 6.64. The summed E-state index contributed by atoms with van der Waals surface area (Å²) >= 11 is 6.00. The predicted molar refractivity (Wildman–Crippen MR) is 83.2 cm³/mol. The minimum Gasteiger partial charge on any atom is -0.368 e. The Morgan fingerprint density at radius 2 is 2.05 bits per heavy atom. The van der Waals surface area contributed by atoms with Crippen LogP contribution in [-0.2, 0) is 0 Å². The molecule has 2 rings (SSSR count). The summed E-state index contributed by atoms with van der Waals surface area (Å²) < 4.78 is 0. The Morgan fingerprint density at radius 1 is 1.25 bits per heavy atom. The lowest BCUT2D eigenvalue weighted by Crippen LogP contribution is -2.25. The first kappa shape index (κ1) is 14.9. The zero-order valence-electron chi connectivity index (χ0n) is 11.9. The van der Waals surface area contributed by atoms with E-state index < -0.39 is 0 Å². The summed E-state index contributed by atoms with van der Waals surface area (Å²) in [7, 11) is 0. The smallest absolute Gasteiger partial charge is 0.178 e. The molecule has 6 heteroatoms. The molecule has 0 aliphatic heterocycles. The van der Waals surface area contributed by atoms with Crippen molar-refractivity contribution in [1.82, 2.24) is 20.1 Å². The third-order valence-corrected chi connectivity index (χ3v) is 3.59. The molecule has 0 atom stereocenters. The van der Waals surface area contributed by atoms with Gasteiger partial charge in [0.25, 0.3) is 0 Å². The predicted octanol–water partition coefficient (Wildman–Crippen LogP) is 2.82. The first-order chi connectivity index (χ1) is 9.76. The molecule has 0 saturated heterocycles. The summed E-state index contributed by atoms with van der Waals surface area (Å²) in [5, 5.41) is 12.6. The third kappa shape index (κ3) is 3.55. The van der Waals surface area contributed by atoms with Crippen LogP contribution in [0.15, 0.2) is 18.3 Å². The summed E-state index contributed by atoms with van der Waals surface area (Å²) in [5.41, 5.74) is 0.690. The van der Waals surface area contributed by atoms with Gasteiger partial charge >= 0.3 is 0 Å². The largest absolute Gasteiger partial charge is 0.368 e. The highest BCUT2D eigenvalue weighted by atomic mass is 35.5. The average molecular weight is 294 g/mol. The monoisotopic (exact) mass is 293 g/mol. The lowest BCUT2D eigenvalue weighted by atomic mass is 10.2. The molecule has 0 bridgehead atoms. The molecule has 20 heavy (non-hydrogen) atoms. The summed E-state index contributed by atoms with van der Waals surface area (Å²) in [6.07, 6.45) is 2.77. The van der Waals surface area contributed by atoms with Crippen LogP contribution in [0.25, 0.3) is 10.9 Å². The second kappa shape index (κ2) is 7.36. The van der Waals surface area contributed by atoms with Gasteiger partial charge in [0.2, 0.25) is 0 Å². The number of hydrogen-bond donors (Lipinski definition) is 1. The minimum absolute atomic E-state index is 0.342. The van der Waals surface area contributed by atoms with E-state index in [1.54, 1.807) is 6.20 Å². The van der Waals surface area contributed by atoms with Gasteiger partial charge in [-0.2, -0.15) is 0 Å². The molecule has 2 aromatic heterocycles. The van der Waals surface area contributed by atoms with Crippen molar-refractivity contribution >= 4 is 28.3 Å². The fourth-order valence-electron chi connectivity index (χ4n) is 2.14. The summed E-state index contributed by atoms with van der Waals surface area (Å²) in [5.74, 6) is 0.747.